The van der Waals surface area contributed by atoms with E-state index in [1.54, 1.807) is 30.3 Å². The van der Waals surface area contributed by atoms with E-state index in [1.807, 2.05) is 36.2 Å². The fraction of sp³-hybridized carbons (Fsp3) is 0.276. The Morgan fingerprint density at radius 2 is 1.62 bits per heavy atom. The van der Waals surface area contributed by atoms with Gasteiger partial charge in [-0.25, -0.2) is 4.39 Å². The Morgan fingerprint density at radius 3 is 2.28 bits per heavy atom. The predicted octanol–water partition coefficient (Wildman–Crippen LogP) is 4.33. The van der Waals surface area contributed by atoms with Crippen LogP contribution in [0.15, 0.2) is 65.2 Å². The number of nitrogens with zero attached hydrogens (tertiary/aromatic N) is 3. The van der Waals surface area contributed by atoms with Crippen LogP contribution in [0.4, 0.5) is 27.3 Å². The van der Waals surface area contributed by atoms with Crippen LogP contribution in [0.3, 0.4) is 0 Å². The molecule has 1 aliphatic carbocycles. The van der Waals surface area contributed by atoms with Crippen LogP contribution in [0.25, 0.3) is 22.1 Å². The number of hydrogen-bond acceptors (Lipinski definition) is 7. The molecule has 1 saturated carbocycles. The molecule has 2 fully saturated rings. The van der Waals surface area contributed by atoms with Crippen LogP contribution in [0.2, 0.25) is 0 Å². The third kappa shape index (κ3) is 4.67. The molecule has 1 saturated heterocycles. The number of amides is 2. The van der Waals surface area contributed by atoms with E-state index in [-0.39, 0.29) is 5.91 Å². The zero-order chi connectivity index (χ0) is 27.1. The molecule has 2 amide bonds. The summed E-state index contributed by atoms with van der Waals surface area (Å²) in [6, 6.07) is 17.5. The second-order valence-corrected chi connectivity index (χ2v) is 10.3. The summed E-state index contributed by atoms with van der Waals surface area (Å²) in [6.45, 7) is 3.22. The molecular formula is C29H29FN6O3. The minimum atomic E-state index is -1.17. The van der Waals surface area contributed by atoms with Gasteiger partial charge in [0.25, 0.3) is 0 Å². The van der Waals surface area contributed by atoms with Gasteiger partial charge in [0.05, 0.1) is 11.1 Å². The van der Waals surface area contributed by atoms with Crippen molar-refractivity contribution >= 4 is 45.7 Å². The van der Waals surface area contributed by atoms with Gasteiger partial charge in [-0.05, 0) is 67.4 Å². The Kier molecular flexibility index (Phi) is 6.19. The zero-order valence-corrected chi connectivity index (χ0v) is 21.5. The van der Waals surface area contributed by atoms with E-state index >= 15 is 0 Å². The number of aromatic nitrogens is 1. The van der Waals surface area contributed by atoms with Crippen molar-refractivity contribution in [1.82, 2.24) is 10.1 Å². The molecular weight excluding hydrogens is 499 g/mol. The highest BCUT2D eigenvalue weighted by atomic mass is 19.1. The fourth-order valence-electron chi connectivity index (χ4n) is 5.06. The lowest BCUT2D eigenvalue weighted by Crippen LogP contribution is -2.44. The Morgan fingerprint density at radius 1 is 0.949 bits per heavy atom. The van der Waals surface area contributed by atoms with Gasteiger partial charge in [0.15, 0.2) is 11.4 Å². The van der Waals surface area contributed by atoms with Crippen LogP contribution in [0, 0.1) is 11.2 Å². The van der Waals surface area contributed by atoms with Crippen LogP contribution in [-0.2, 0) is 9.59 Å². The standard InChI is InChI=1S/C29H29FN6O3/c1-35-13-15-36(16-14-35)23-10-9-20(17-22(23)30)33-28(38)29(11-12-29)27(37)32-19-7-5-18(6-8-19)21-3-2-4-24-25(21)26(31)34-39-24/h2-10,17H,11-16H2,1H3,(H2,31,34)(H,32,37)(H,33,38). The topological polar surface area (TPSA) is 117 Å². The highest BCUT2D eigenvalue weighted by Crippen LogP contribution is 2.47. The molecule has 4 N–H and O–H groups in total. The number of halogens is 1. The summed E-state index contributed by atoms with van der Waals surface area (Å²) < 4.78 is 20.1. The molecule has 1 aliphatic heterocycles. The number of rotatable bonds is 6. The third-order valence-corrected chi connectivity index (χ3v) is 7.65. The second-order valence-electron chi connectivity index (χ2n) is 10.3. The molecule has 1 aromatic heterocycles. The number of benzene rings is 3. The van der Waals surface area contributed by atoms with Crippen molar-refractivity contribution in [1.29, 1.82) is 0 Å². The molecule has 6 rings (SSSR count). The van der Waals surface area contributed by atoms with Crippen LogP contribution in [0.1, 0.15) is 12.8 Å². The lowest BCUT2D eigenvalue weighted by atomic mass is 10.0. The predicted molar refractivity (Wildman–Crippen MR) is 149 cm³/mol. The molecule has 2 aliphatic rings. The minimum absolute atomic E-state index is 0.313. The zero-order valence-electron chi connectivity index (χ0n) is 21.5. The Labute approximate surface area is 224 Å². The van der Waals surface area contributed by atoms with E-state index in [0.29, 0.717) is 41.3 Å². The van der Waals surface area contributed by atoms with Gasteiger partial charge in [-0.1, -0.05) is 29.4 Å². The maximum absolute atomic E-state index is 14.9. The van der Waals surface area contributed by atoms with Crippen molar-refractivity contribution in [3.8, 4) is 11.1 Å². The normalized spacial score (nSPS) is 16.7. The molecule has 0 atom stereocenters. The first-order valence-electron chi connectivity index (χ1n) is 12.9. The maximum Gasteiger partial charge on any atom is 0.240 e. The van der Waals surface area contributed by atoms with E-state index < -0.39 is 17.1 Å². The molecule has 0 spiro atoms. The SMILES string of the molecule is CN1CCN(c2ccc(NC(=O)C3(C(=O)Nc4ccc(-c5cccc6onc(N)c56)cc4)CC3)cc2F)CC1. The van der Waals surface area contributed by atoms with Crippen molar-refractivity contribution < 1.29 is 18.5 Å². The maximum atomic E-state index is 14.9. The van der Waals surface area contributed by atoms with E-state index in [9.17, 15) is 14.0 Å². The first-order valence-corrected chi connectivity index (χ1v) is 12.9. The first kappa shape index (κ1) is 24.9. The van der Waals surface area contributed by atoms with Gasteiger partial charge in [-0.15, -0.1) is 0 Å². The van der Waals surface area contributed by atoms with Crippen molar-refractivity contribution in [2.75, 3.05) is 54.5 Å². The number of carbonyl (C=O) groups excluding carboxylic acids is 2. The van der Waals surface area contributed by atoms with Crippen molar-refractivity contribution in [2.24, 2.45) is 5.41 Å². The van der Waals surface area contributed by atoms with Gasteiger partial charge in [-0.2, -0.15) is 0 Å². The van der Waals surface area contributed by atoms with Gasteiger partial charge in [-0.3, -0.25) is 9.59 Å². The molecule has 200 valence electrons. The van der Waals surface area contributed by atoms with Gasteiger partial charge in [0.1, 0.15) is 11.2 Å². The first-order chi connectivity index (χ1) is 18.8. The number of nitrogens with one attached hydrogen (secondary N) is 2. The average molecular weight is 529 g/mol. The largest absolute Gasteiger partial charge is 0.380 e. The quantitative estimate of drug-likeness (QED) is 0.319. The van der Waals surface area contributed by atoms with E-state index in [2.05, 4.69) is 20.7 Å². The van der Waals surface area contributed by atoms with Crippen LogP contribution >= 0.6 is 0 Å². The molecule has 0 bridgehead atoms. The van der Waals surface area contributed by atoms with Gasteiger partial charge >= 0.3 is 0 Å². The summed E-state index contributed by atoms with van der Waals surface area (Å²) in [5, 5.41) is 10.2. The molecule has 3 aromatic carbocycles. The molecule has 9 nitrogen and oxygen atoms in total. The monoisotopic (exact) mass is 528 g/mol. The highest BCUT2D eigenvalue weighted by Gasteiger charge is 2.56. The Balaban J connectivity index is 1.12. The average Bonchev–Trinajstić information content (AvgIpc) is 3.67. The number of nitrogen functional groups attached to an aromatic ring is 1. The van der Waals surface area contributed by atoms with Crippen molar-refractivity contribution in [3.05, 3.63) is 66.5 Å². The number of carbonyl (C=O) groups is 2. The second kappa shape index (κ2) is 9.70. The molecule has 39 heavy (non-hydrogen) atoms. The highest BCUT2D eigenvalue weighted by molar-refractivity contribution is 6.17. The van der Waals surface area contributed by atoms with Crippen molar-refractivity contribution in [2.45, 2.75) is 12.8 Å². The molecule has 10 heteroatoms. The number of piperazine rings is 1. The van der Waals surface area contributed by atoms with Crippen LogP contribution in [0.5, 0.6) is 0 Å². The van der Waals surface area contributed by atoms with Gasteiger partial charge in [0.2, 0.25) is 11.8 Å². The van der Waals surface area contributed by atoms with Crippen molar-refractivity contribution in [3.63, 3.8) is 0 Å². The molecule has 0 radical (unpaired) electrons. The number of anilines is 4. The lowest BCUT2D eigenvalue weighted by Gasteiger charge is -2.34. The molecule has 4 aromatic rings. The smallest absolute Gasteiger partial charge is 0.240 e. The van der Waals surface area contributed by atoms with E-state index in [0.717, 1.165) is 42.7 Å². The summed E-state index contributed by atoms with van der Waals surface area (Å²) in [4.78, 5) is 30.4. The third-order valence-electron chi connectivity index (χ3n) is 7.65. The number of nitrogens with two attached hydrogens (primary N) is 1. The number of fused-ring (bicyclic) bond motifs is 1. The van der Waals surface area contributed by atoms with E-state index in [1.165, 1.54) is 6.07 Å². The Hall–Kier alpha value is -4.44. The Bertz CT molecular complexity index is 1560. The summed E-state index contributed by atoms with van der Waals surface area (Å²) >= 11 is 0. The number of likely N-dealkylation sites (N-methyl/N-ethyl adjacent to an activating group) is 1. The van der Waals surface area contributed by atoms with Gasteiger partial charge < -0.3 is 30.7 Å². The lowest BCUT2D eigenvalue weighted by molar-refractivity contribution is -0.131. The summed E-state index contributed by atoms with van der Waals surface area (Å²) in [5.74, 6) is -0.894. The minimum Gasteiger partial charge on any atom is -0.380 e. The van der Waals surface area contributed by atoms with Gasteiger partial charge in [0, 0.05) is 37.6 Å². The summed E-state index contributed by atoms with van der Waals surface area (Å²) in [7, 11) is 2.04. The molecule has 0 unspecified atom stereocenters. The van der Waals surface area contributed by atoms with E-state index in [4.69, 9.17) is 10.3 Å². The van der Waals surface area contributed by atoms with Crippen LogP contribution in [-0.4, -0.2) is 55.1 Å². The molecule has 2 heterocycles. The number of hydrogen-bond donors (Lipinski definition) is 3. The summed E-state index contributed by atoms with van der Waals surface area (Å²) in [5.41, 5.74) is 8.57. The fourth-order valence-corrected chi connectivity index (χ4v) is 5.06. The summed E-state index contributed by atoms with van der Waals surface area (Å²) in [6.07, 6.45) is 0.860. The van der Waals surface area contributed by atoms with Crippen LogP contribution < -0.4 is 21.3 Å².